The average Bonchev–Trinajstić information content (AvgIpc) is 2.90. The number of hydrogen-bond donors (Lipinski definition) is 2. The van der Waals surface area contributed by atoms with Crippen LogP contribution in [0.5, 0.6) is 5.75 Å². The fourth-order valence-corrected chi connectivity index (χ4v) is 3.96. The zero-order valence-corrected chi connectivity index (χ0v) is 20.1. The lowest BCUT2D eigenvalue weighted by Gasteiger charge is -2.23. The van der Waals surface area contributed by atoms with Gasteiger partial charge >= 0.3 is 0 Å². The number of nitrogens with one attached hydrogen (secondary N) is 2. The molecule has 1 aliphatic rings. The van der Waals surface area contributed by atoms with E-state index in [1.165, 1.54) is 5.57 Å². The minimum absolute atomic E-state index is 0.0129. The lowest BCUT2D eigenvalue weighted by atomic mass is 10.2. The van der Waals surface area contributed by atoms with Crippen LogP contribution in [0.1, 0.15) is 16.8 Å². The van der Waals surface area contributed by atoms with E-state index in [9.17, 15) is 9.59 Å². The summed E-state index contributed by atoms with van der Waals surface area (Å²) >= 11 is 0. The van der Waals surface area contributed by atoms with Gasteiger partial charge < -0.3 is 24.8 Å². The van der Waals surface area contributed by atoms with Gasteiger partial charge in [0.2, 0.25) is 0 Å². The number of aryl methyl sites for hydroxylation is 1. The van der Waals surface area contributed by atoms with Crippen LogP contribution in [0.15, 0.2) is 89.4 Å². The topological polar surface area (TPSA) is 75.6 Å². The van der Waals surface area contributed by atoms with E-state index in [1.807, 2.05) is 54.6 Å². The monoisotopic (exact) mass is 472 g/mol. The molecule has 1 aromatic heterocycles. The number of aromatic nitrogens is 1. The molecule has 2 N–H and O–H groups in total. The second kappa shape index (κ2) is 12.0. The van der Waals surface area contributed by atoms with Crippen molar-refractivity contribution in [2.24, 2.45) is 7.05 Å². The van der Waals surface area contributed by atoms with E-state index in [0.717, 1.165) is 49.3 Å². The van der Waals surface area contributed by atoms with Crippen molar-refractivity contribution in [1.29, 1.82) is 0 Å². The highest BCUT2D eigenvalue weighted by Crippen LogP contribution is 2.19. The van der Waals surface area contributed by atoms with E-state index in [0.29, 0.717) is 18.7 Å². The fraction of sp³-hybridized carbons (Fsp3) is 0.286. The van der Waals surface area contributed by atoms with Crippen LogP contribution in [-0.4, -0.2) is 54.7 Å². The molecule has 7 nitrogen and oxygen atoms in total. The van der Waals surface area contributed by atoms with Crippen molar-refractivity contribution in [3.8, 4) is 5.75 Å². The van der Waals surface area contributed by atoms with Crippen LogP contribution >= 0.6 is 0 Å². The van der Waals surface area contributed by atoms with Gasteiger partial charge in [-0.3, -0.25) is 9.59 Å². The van der Waals surface area contributed by atoms with E-state index in [-0.39, 0.29) is 11.5 Å². The molecule has 2 heterocycles. The molecule has 3 aromatic rings. The van der Waals surface area contributed by atoms with E-state index in [2.05, 4.69) is 33.9 Å². The van der Waals surface area contributed by atoms with Crippen LogP contribution < -0.4 is 20.9 Å². The maximum absolute atomic E-state index is 12.0. The largest absolute Gasteiger partial charge is 0.494 e. The first-order valence-corrected chi connectivity index (χ1v) is 12.0. The van der Waals surface area contributed by atoms with Gasteiger partial charge in [0.15, 0.2) is 0 Å². The number of hydrogen-bond acceptors (Lipinski definition) is 5. The van der Waals surface area contributed by atoms with Gasteiger partial charge in [-0.1, -0.05) is 24.3 Å². The first-order valence-electron chi connectivity index (χ1n) is 12.0. The van der Waals surface area contributed by atoms with Gasteiger partial charge in [-0.15, -0.1) is 0 Å². The number of carbonyl (C=O) groups excluding carboxylic acids is 1. The van der Waals surface area contributed by atoms with Gasteiger partial charge in [0.1, 0.15) is 5.75 Å². The molecule has 0 fully saturated rings. The quantitative estimate of drug-likeness (QED) is 0.420. The average molecular weight is 473 g/mol. The summed E-state index contributed by atoms with van der Waals surface area (Å²) in [6.07, 6.45) is 7.40. The van der Waals surface area contributed by atoms with E-state index in [4.69, 9.17) is 4.74 Å². The Balaban J connectivity index is 1.09. The molecule has 0 spiro atoms. The van der Waals surface area contributed by atoms with Gasteiger partial charge in [0.25, 0.3) is 11.5 Å². The number of rotatable bonds is 11. The molecule has 182 valence electrons. The summed E-state index contributed by atoms with van der Waals surface area (Å²) in [5.41, 5.74) is 2.82. The lowest BCUT2D eigenvalue weighted by molar-refractivity contribution is 0.0954. The Morgan fingerprint density at radius 2 is 1.91 bits per heavy atom. The summed E-state index contributed by atoms with van der Waals surface area (Å²) in [7, 11) is 1.78. The molecule has 2 aromatic carbocycles. The summed E-state index contributed by atoms with van der Waals surface area (Å²) < 4.78 is 7.57. The highest BCUT2D eigenvalue weighted by atomic mass is 16.5. The molecule has 0 unspecified atom stereocenters. The predicted molar refractivity (Wildman–Crippen MR) is 140 cm³/mol. The number of fused-ring (bicyclic) bond motifs is 1. The number of carbonyl (C=O) groups is 1. The van der Waals surface area contributed by atoms with Gasteiger partial charge in [-0.2, -0.15) is 0 Å². The maximum Gasteiger partial charge on any atom is 0.251 e. The number of pyridine rings is 1. The molecular formula is C28H32N4O3. The van der Waals surface area contributed by atoms with Crippen molar-refractivity contribution in [2.45, 2.75) is 6.42 Å². The molecule has 1 aliphatic heterocycles. The smallest absolute Gasteiger partial charge is 0.251 e. The summed E-state index contributed by atoms with van der Waals surface area (Å²) in [6.45, 7) is 4.52. The number of nitrogens with zero attached hydrogens (tertiary/aromatic N) is 2. The van der Waals surface area contributed by atoms with Crippen molar-refractivity contribution in [1.82, 2.24) is 20.1 Å². The maximum atomic E-state index is 12.0. The van der Waals surface area contributed by atoms with Crippen molar-refractivity contribution >= 4 is 16.8 Å². The number of benzene rings is 2. The van der Waals surface area contributed by atoms with Gasteiger partial charge in [-0.05, 0) is 60.7 Å². The zero-order chi connectivity index (χ0) is 24.5. The van der Waals surface area contributed by atoms with Crippen LogP contribution in [0.3, 0.4) is 0 Å². The number of amides is 1. The van der Waals surface area contributed by atoms with Crippen LogP contribution in [0.25, 0.3) is 10.9 Å². The normalized spacial score (nSPS) is 13.1. The molecule has 0 saturated heterocycles. The molecule has 0 bridgehead atoms. The molecule has 0 saturated carbocycles. The predicted octanol–water partition coefficient (Wildman–Crippen LogP) is 3.08. The summed E-state index contributed by atoms with van der Waals surface area (Å²) in [6, 6.07) is 18.5. The summed E-state index contributed by atoms with van der Waals surface area (Å²) in [5, 5.41) is 7.29. The minimum atomic E-state index is -0.0450. The van der Waals surface area contributed by atoms with Gasteiger partial charge in [0, 0.05) is 56.8 Å². The summed E-state index contributed by atoms with van der Waals surface area (Å²) in [4.78, 5) is 26.0. The second-order valence-corrected chi connectivity index (χ2v) is 8.54. The lowest BCUT2D eigenvalue weighted by Crippen LogP contribution is -2.33. The van der Waals surface area contributed by atoms with Crippen LogP contribution in [-0.2, 0) is 7.05 Å². The van der Waals surface area contributed by atoms with Gasteiger partial charge in [-0.25, -0.2) is 0 Å². The van der Waals surface area contributed by atoms with Crippen LogP contribution in [0, 0.1) is 0 Å². The van der Waals surface area contributed by atoms with Crippen molar-refractivity contribution in [2.75, 3.05) is 39.3 Å². The highest BCUT2D eigenvalue weighted by Gasteiger charge is 2.06. The molecular weight excluding hydrogens is 440 g/mol. The highest BCUT2D eigenvalue weighted by molar-refractivity contribution is 5.94. The molecule has 0 radical (unpaired) electrons. The third-order valence-electron chi connectivity index (χ3n) is 5.99. The zero-order valence-electron chi connectivity index (χ0n) is 20.1. The standard InChI is InChI=1S/C28H32N4O3/c1-31-26-10-9-25(20-24(26)8-11-27(31)33)35-19-5-16-32-17-12-22(13-18-32)21-29-14-15-30-28(34)23-6-3-2-4-7-23/h2-4,6-13,17,20,29H,5,14-16,18-19,21H2,1H3,(H,30,34). The molecule has 0 aliphatic carbocycles. The molecule has 7 heteroatoms. The van der Waals surface area contributed by atoms with E-state index < -0.39 is 0 Å². The van der Waals surface area contributed by atoms with E-state index >= 15 is 0 Å². The van der Waals surface area contributed by atoms with Gasteiger partial charge in [0.05, 0.1) is 12.1 Å². The Labute approximate surface area is 205 Å². The molecule has 4 rings (SSSR count). The molecule has 0 atom stereocenters. The van der Waals surface area contributed by atoms with Crippen molar-refractivity contribution in [3.63, 3.8) is 0 Å². The Morgan fingerprint density at radius 3 is 2.71 bits per heavy atom. The van der Waals surface area contributed by atoms with Crippen LogP contribution in [0.4, 0.5) is 0 Å². The summed E-state index contributed by atoms with van der Waals surface area (Å²) in [5.74, 6) is 0.773. The first kappa shape index (κ1) is 24.3. The minimum Gasteiger partial charge on any atom is -0.494 e. The third kappa shape index (κ3) is 6.83. The number of ether oxygens (including phenoxy) is 1. The Morgan fingerprint density at radius 1 is 1.06 bits per heavy atom. The van der Waals surface area contributed by atoms with E-state index in [1.54, 1.807) is 17.7 Å². The van der Waals surface area contributed by atoms with Crippen molar-refractivity contribution in [3.05, 3.63) is 101 Å². The SMILES string of the molecule is Cn1c(=O)ccc2cc(OCCCN3C=CC(CNCCNC(=O)c4ccccc4)=CC3)ccc21. The first-order chi connectivity index (χ1) is 17.1. The third-order valence-corrected chi connectivity index (χ3v) is 5.99. The molecule has 35 heavy (non-hydrogen) atoms. The van der Waals surface area contributed by atoms with Crippen molar-refractivity contribution < 1.29 is 9.53 Å². The second-order valence-electron chi connectivity index (χ2n) is 8.54. The Hall–Kier alpha value is -3.84. The van der Waals surface area contributed by atoms with Crippen LogP contribution in [0.2, 0.25) is 0 Å². The fourth-order valence-electron chi connectivity index (χ4n) is 3.96. The Bertz CT molecular complexity index is 1260. The molecule has 1 amide bonds. The Kier molecular flexibility index (Phi) is 8.35.